The second kappa shape index (κ2) is 1.88. The van der Waals surface area contributed by atoms with Crippen LogP contribution in [-0.2, 0) is 9.47 Å². The van der Waals surface area contributed by atoms with Crippen LogP contribution >= 0.6 is 0 Å². The van der Waals surface area contributed by atoms with Crippen LogP contribution < -0.4 is 0 Å². The fourth-order valence-electron chi connectivity index (χ4n) is 2.59. The van der Waals surface area contributed by atoms with Crippen LogP contribution in [0.3, 0.4) is 0 Å². The summed E-state index contributed by atoms with van der Waals surface area (Å²) in [5.74, 6) is 0. The Bertz CT molecular complexity index is 204. The Morgan fingerprint density at radius 2 is 1.33 bits per heavy atom. The molecule has 0 aromatic rings. The molecular weight excluding hydrogens is 152 g/mol. The SMILES string of the molecule is CC12CCC3OC3(C)CCC1O2. The monoisotopic (exact) mass is 168 g/mol. The molecule has 3 rings (SSSR count). The lowest BCUT2D eigenvalue weighted by atomic mass is 9.87. The molecule has 2 saturated heterocycles. The van der Waals surface area contributed by atoms with Crippen molar-refractivity contribution in [3.8, 4) is 0 Å². The van der Waals surface area contributed by atoms with E-state index >= 15 is 0 Å². The van der Waals surface area contributed by atoms with Crippen LogP contribution in [0.15, 0.2) is 0 Å². The van der Waals surface area contributed by atoms with Crippen molar-refractivity contribution in [2.75, 3.05) is 0 Å². The molecule has 0 amide bonds. The highest BCUT2D eigenvalue weighted by Crippen LogP contribution is 2.53. The standard InChI is InChI=1S/C10H16O2/c1-9-5-3-8-10(2,12-8)6-4-7(9)11-9/h7-8H,3-6H2,1-2H3. The molecule has 0 N–H and O–H groups in total. The minimum Gasteiger partial charge on any atom is -0.366 e. The topological polar surface area (TPSA) is 25.1 Å². The van der Waals surface area contributed by atoms with Crippen molar-refractivity contribution in [3.63, 3.8) is 0 Å². The van der Waals surface area contributed by atoms with E-state index in [1.54, 1.807) is 0 Å². The first-order valence-electron chi connectivity index (χ1n) is 4.98. The summed E-state index contributed by atoms with van der Waals surface area (Å²) in [5.41, 5.74) is 0.459. The minimum atomic E-state index is 0.229. The van der Waals surface area contributed by atoms with E-state index in [1.165, 1.54) is 25.7 Å². The molecule has 12 heavy (non-hydrogen) atoms. The molecule has 2 aliphatic heterocycles. The zero-order valence-electron chi connectivity index (χ0n) is 7.80. The van der Waals surface area contributed by atoms with E-state index in [1.807, 2.05) is 0 Å². The number of hydrogen-bond donors (Lipinski definition) is 0. The van der Waals surface area contributed by atoms with E-state index in [0.717, 1.165) is 0 Å². The second-order valence-electron chi connectivity index (χ2n) is 4.92. The number of epoxide rings is 2. The number of hydrogen-bond acceptors (Lipinski definition) is 2. The Kier molecular flexibility index (Phi) is 1.15. The van der Waals surface area contributed by atoms with Gasteiger partial charge in [0.2, 0.25) is 0 Å². The molecule has 1 aliphatic carbocycles. The van der Waals surface area contributed by atoms with Crippen molar-refractivity contribution >= 4 is 0 Å². The van der Waals surface area contributed by atoms with Gasteiger partial charge in [0.25, 0.3) is 0 Å². The molecule has 0 spiro atoms. The van der Waals surface area contributed by atoms with Crippen LogP contribution in [-0.4, -0.2) is 23.4 Å². The highest BCUT2D eigenvalue weighted by atomic mass is 16.6. The molecule has 2 nitrogen and oxygen atoms in total. The summed E-state index contributed by atoms with van der Waals surface area (Å²) >= 11 is 0. The zero-order valence-corrected chi connectivity index (χ0v) is 7.80. The number of ether oxygens (including phenoxy) is 2. The van der Waals surface area contributed by atoms with Crippen molar-refractivity contribution in [2.24, 2.45) is 0 Å². The molecule has 3 aliphatic rings. The highest BCUT2D eigenvalue weighted by Gasteiger charge is 2.60. The van der Waals surface area contributed by atoms with E-state index in [-0.39, 0.29) is 11.2 Å². The number of rotatable bonds is 0. The predicted molar refractivity (Wildman–Crippen MR) is 45.0 cm³/mol. The first-order chi connectivity index (χ1) is 5.62. The molecule has 1 saturated carbocycles. The van der Waals surface area contributed by atoms with Crippen molar-refractivity contribution in [1.82, 2.24) is 0 Å². The van der Waals surface area contributed by atoms with Gasteiger partial charge in [0, 0.05) is 0 Å². The third-order valence-corrected chi connectivity index (χ3v) is 3.88. The Morgan fingerprint density at radius 1 is 0.917 bits per heavy atom. The van der Waals surface area contributed by atoms with Crippen molar-refractivity contribution in [1.29, 1.82) is 0 Å². The van der Waals surface area contributed by atoms with Gasteiger partial charge in [0.1, 0.15) is 0 Å². The summed E-state index contributed by atoms with van der Waals surface area (Å²) < 4.78 is 11.4. The second-order valence-corrected chi connectivity index (χ2v) is 4.92. The molecule has 0 aromatic carbocycles. The Labute approximate surface area is 73.2 Å². The molecule has 2 heterocycles. The molecule has 0 radical (unpaired) electrons. The van der Waals surface area contributed by atoms with Crippen molar-refractivity contribution in [2.45, 2.75) is 62.9 Å². The van der Waals surface area contributed by atoms with Gasteiger partial charge < -0.3 is 9.47 Å². The normalized spacial score (nSPS) is 62.5. The van der Waals surface area contributed by atoms with Gasteiger partial charge in [0.05, 0.1) is 23.4 Å². The van der Waals surface area contributed by atoms with Gasteiger partial charge >= 0.3 is 0 Å². The van der Waals surface area contributed by atoms with Crippen LogP contribution in [0.1, 0.15) is 39.5 Å². The van der Waals surface area contributed by atoms with Crippen LogP contribution in [0.5, 0.6) is 0 Å². The average Bonchev–Trinajstić information content (AvgIpc) is 2.83. The minimum absolute atomic E-state index is 0.229. The third-order valence-electron chi connectivity index (χ3n) is 3.88. The lowest BCUT2D eigenvalue weighted by molar-refractivity contribution is 0.253. The van der Waals surface area contributed by atoms with Crippen LogP contribution in [0.25, 0.3) is 0 Å². The maximum atomic E-state index is 5.68. The number of fused-ring (bicyclic) bond motifs is 2. The van der Waals surface area contributed by atoms with E-state index < -0.39 is 0 Å². The first-order valence-corrected chi connectivity index (χ1v) is 4.98. The molecular formula is C10H16O2. The predicted octanol–water partition coefficient (Wildman–Crippen LogP) is 1.88. The molecule has 0 bridgehead atoms. The van der Waals surface area contributed by atoms with Gasteiger partial charge in [-0.1, -0.05) is 0 Å². The summed E-state index contributed by atoms with van der Waals surface area (Å²) in [7, 11) is 0. The smallest absolute Gasteiger partial charge is 0.0921 e. The molecule has 68 valence electrons. The van der Waals surface area contributed by atoms with Crippen molar-refractivity contribution < 1.29 is 9.47 Å². The summed E-state index contributed by atoms with van der Waals surface area (Å²) in [4.78, 5) is 0. The largest absolute Gasteiger partial charge is 0.366 e. The van der Waals surface area contributed by atoms with E-state index in [9.17, 15) is 0 Å². The van der Waals surface area contributed by atoms with Crippen LogP contribution in [0, 0.1) is 0 Å². The zero-order chi connectivity index (χ0) is 8.40. The Balaban J connectivity index is 1.73. The molecule has 4 unspecified atom stereocenters. The third kappa shape index (κ3) is 0.882. The highest BCUT2D eigenvalue weighted by molar-refractivity contribution is 5.08. The average molecular weight is 168 g/mol. The first kappa shape index (κ1) is 7.34. The van der Waals surface area contributed by atoms with Crippen LogP contribution in [0.2, 0.25) is 0 Å². The lowest BCUT2D eigenvalue weighted by Gasteiger charge is -2.11. The van der Waals surface area contributed by atoms with Gasteiger partial charge in [-0.05, 0) is 39.5 Å². The van der Waals surface area contributed by atoms with E-state index in [0.29, 0.717) is 12.2 Å². The summed E-state index contributed by atoms with van der Waals surface area (Å²) in [5, 5.41) is 0. The van der Waals surface area contributed by atoms with E-state index in [4.69, 9.17) is 9.47 Å². The summed E-state index contributed by atoms with van der Waals surface area (Å²) in [6.45, 7) is 4.48. The molecule has 4 atom stereocenters. The molecule has 3 fully saturated rings. The van der Waals surface area contributed by atoms with Gasteiger partial charge in [0.15, 0.2) is 0 Å². The quantitative estimate of drug-likeness (QED) is 0.516. The van der Waals surface area contributed by atoms with Crippen molar-refractivity contribution in [3.05, 3.63) is 0 Å². The van der Waals surface area contributed by atoms with Crippen LogP contribution in [0.4, 0.5) is 0 Å². The fraction of sp³-hybridized carbons (Fsp3) is 1.00. The summed E-state index contributed by atoms with van der Waals surface area (Å²) in [6, 6.07) is 0. The Morgan fingerprint density at radius 3 is 1.75 bits per heavy atom. The van der Waals surface area contributed by atoms with Gasteiger partial charge in [-0.2, -0.15) is 0 Å². The Hall–Kier alpha value is -0.0800. The maximum Gasteiger partial charge on any atom is 0.0921 e. The molecule has 2 heteroatoms. The fourth-order valence-corrected chi connectivity index (χ4v) is 2.59. The summed E-state index contributed by atoms with van der Waals surface area (Å²) in [6.07, 6.45) is 5.86. The van der Waals surface area contributed by atoms with Gasteiger partial charge in [-0.15, -0.1) is 0 Å². The maximum absolute atomic E-state index is 5.68. The lowest BCUT2D eigenvalue weighted by Crippen LogP contribution is -2.19. The van der Waals surface area contributed by atoms with E-state index in [2.05, 4.69) is 13.8 Å². The van der Waals surface area contributed by atoms with Gasteiger partial charge in [-0.25, -0.2) is 0 Å². The molecule has 0 aromatic heterocycles. The van der Waals surface area contributed by atoms with Gasteiger partial charge in [-0.3, -0.25) is 0 Å².